The summed E-state index contributed by atoms with van der Waals surface area (Å²) in [7, 11) is 0. The molecule has 0 spiro atoms. The molecular formula is C14H17N3O. The van der Waals surface area contributed by atoms with Gasteiger partial charge in [-0.25, -0.2) is 4.98 Å². The molecule has 1 aromatic carbocycles. The average Bonchev–Trinajstić information content (AvgIpc) is 2.40. The van der Waals surface area contributed by atoms with Crippen molar-refractivity contribution < 1.29 is 4.74 Å². The van der Waals surface area contributed by atoms with E-state index in [-0.39, 0.29) is 6.04 Å². The van der Waals surface area contributed by atoms with Gasteiger partial charge in [-0.2, -0.15) is 0 Å². The smallest absolute Gasteiger partial charge is 0.128 e. The number of pyridine rings is 1. The molecule has 2 aromatic rings. The maximum Gasteiger partial charge on any atom is 0.128 e. The maximum absolute atomic E-state index is 6.06. The molecule has 18 heavy (non-hydrogen) atoms. The molecule has 2 rings (SSSR count). The Morgan fingerprint density at radius 2 is 1.89 bits per heavy atom. The molecule has 4 heteroatoms. The fourth-order valence-corrected chi connectivity index (χ4v) is 1.72. The van der Waals surface area contributed by atoms with Gasteiger partial charge in [-0.15, -0.1) is 0 Å². The number of ether oxygens (including phenoxy) is 1. The second-order valence-electron chi connectivity index (χ2n) is 4.03. The van der Waals surface area contributed by atoms with Gasteiger partial charge in [-0.1, -0.05) is 24.3 Å². The maximum atomic E-state index is 6.06. The van der Waals surface area contributed by atoms with E-state index in [1.54, 1.807) is 6.20 Å². The number of rotatable bonds is 5. The quantitative estimate of drug-likeness (QED) is 0.843. The predicted molar refractivity (Wildman–Crippen MR) is 72.1 cm³/mol. The van der Waals surface area contributed by atoms with Crippen molar-refractivity contribution in [3.63, 3.8) is 0 Å². The lowest BCUT2D eigenvalue weighted by molar-refractivity contribution is 0.298. The summed E-state index contributed by atoms with van der Waals surface area (Å²) in [6.07, 6.45) is 2.36. The summed E-state index contributed by atoms with van der Waals surface area (Å²) < 4.78 is 5.60. The molecule has 1 aromatic heterocycles. The van der Waals surface area contributed by atoms with Crippen molar-refractivity contribution in [2.45, 2.75) is 12.5 Å². The van der Waals surface area contributed by atoms with Crippen LogP contribution in [0.4, 0.5) is 5.82 Å². The van der Waals surface area contributed by atoms with Crippen LogP contribution in [-0.2, 0) is 0 Å². The van der Waals surface area contributed by atoms with Crippen molar-refractivity contribution in [1.29, 1.82) is 0 Å². The molecule has 0 bridgehead atoms. The van der Waals surface area contributed by atoms with Crippen LogP contribution in [0.3, 0.4) is 0 Å². The van der Waals surface area contributed by atoms with E-state index in [2.05, 4.69) is 4.98 Å². The van der Waals surface area contributed by atoms with Gasteiger partial charge in [0.15, 0.2) is 0 Å². The number of hydrogen-bond donors (Lipinski definition) is 2. The van der Waals surface area contributed by atoms with Crippen LogP contribution in [0.15, 0.2) is 48.7 Å². The predicted octanol–water partition coefficient (Wildman–Crippen LogP) is 2.13. The van der Waals surface area contributed by atoms with Crippen LogP contribution in [-0.4, -0.2) is 11.6 Å². The Balaban J connectivity index is 1.86. The highest BCUT2D eigenvalue weighted by molar-refractivity contribution is 5.40. The third-order valence-corrected chi connectivity index (χ3v) is 2.71. The third kappa shape index (κ3) is 3.21. The van der Waals surface area contributed by atoms with E-state index in [4.69, 9.17) is 16.2 Å². The SMILES string of the molecule is Nc1ncccc1C(N)CCOc1ccccc1. The normalized spacial score (nSPS) is 12.1. The lowest BCUT2D eigenvalue weighted by Crippen LogP contribution is -2.16. The van der Waals surface area contributed by atoms with Crippen LogP contribution in [0.2, 0.25) is 0 Å². The fourth-order valence-electron chi connectivity index (χ4n) is 1.72. The molecule has 1 unspecified atom stereocenters. The fraction of sp³-hybridized carbons (Fsp3) is 0.214. The highest BCUT2D eigenvalue weighted by Crippen LogP contribution is 2.19. The molecule has 0 amide bonds. The highest BCUT2D eigenvalue weighted by Gasteiger charge is 2.09. The van der Waals surface area contributed by atoms with Crippen LogP contribution in [0.1, 0.15) is 18.0 Å². The van der Waals surface area contributed by atoms with E-state index in [9.17, 15) is 0 Å². The number of nitrogens with zero attached hydrogens (tertiary/aromatic N) is 1. The number of hydrogen-bond acceptors (Lipinski definition) is 4. The van der Waals surface area contributed by atoms with Gasteiger partial charge in [0.05, 0.1) is 6.61 Å². The van der Waals surface area contributed by atoms with Gasteiger partial charge in [0.2, 0.25) is 0 Å². The molecule has 0 aliphatic carbocycles. The van der Waals surface area contributed by atoms with E-state index < -0.39 is 0 Å². The van der Waals surface area contributed by atoms with Crippen LogP contribution < -0.4 is 16.2 Å². The second kappa shape index (κ2) is 6.02. The van der Waals surface area contributed by atoms with E-state index in [0.29, 0.717) is 18.8 Å². The highest BCUT2D eigenvalue weighted by atomic mass is 16.5. The van der Waals surface area contributed by atoms with E-state index in [1.165, 1.54) is 0 Å². The van der Waals surface area contributed by atoms with Crippen molar-refractivity contribution in [2.75, 3.05) is 12.3 Å². The van der Waals surface area contributed by atoms with E-state index >= 15 is 0 Å². The number of anilines is 1. The van der Waals surface area contributed by atoms with Crippen LogP contribution >= 0.6 is 0 Å². The first-order valence-electron chi connectivity index (χ1n) is 5.91. The Kier molecular flexibility index (Phi) is 4.15. The first-order valence-corrected chi connectivity index (χ1v) is 5.91. The van der Waals surface area contributed by atoms with Crippen molar-refractivity contribution in [3.05, 3.63) is 54.2 Å². The lowest BCUT2D eigenvalue weighted by Gasteiger charge is -2.14. The number of nitrogens with two attached hydrogens (primary N) is 2. The molecule has 0 saturated heterocycles. The Hall–Kier alpha value is -2.07. The summed E-state index contributed by atoms with van der Waals surface area (Å²) in [6.45, 7) is 0.555. The summed E-state index contributed by atoms with van der Waals surface area (Å²) in [5.41, 5.74) is 12.7. The van der Waals surface area contributed by atoms with Gasteiger partial charge >= 0.3 is 0 Å². The molecule has 1 heterocycles. The molecule has 0 fully saturated rings. The molecule has 0 aliphatic rings. The molecule has 0 saturated carbocycles. The van der Waals surface area contributed by atoms with Gasteiger partial charge in [0, 0.05) is 24.2 Å². The van der Waals surface area contributed by atoms with Crippen molar-refractivity contribution in [2.24, 2.45) is 5.73 Å². The Morgan fingerprint density at radius 3 is 2.61 bits per heavy atom. The molecule has 94 valence electrons. The van der Waals surface area contributed by atoms with E-state index in [1.807, 2.05) is 42.5 Å². The monoisotopic (exact) mass is 243 g/mol. The zero-order valence-corrected chi connectivity index (χ0v) is 10.1. The molecule has 0 radical (unpaired) electrons. The first-order chi connectivity index (χ1) is 8.77. The van der Waals surface area contributed by atoms with Gasteiger partial charge in [-0.05, 0) is 18.2 Å². The van der Waals surface area contributed by atoms with Crippen molar-refractivity contribution in [3.8, 4) is 5.75 Å². The minimum absolute atomic E-state index is 0.151. The van der Waals surface area contributed by atoms with E-state index in [0.717, 1.165) is 11.3 Å². The number of aromatic nitrogens is 1. The Bertz CT molecular complexity index is 487. The van der Waals surface area contributed by atoms with Crippen LogP contribution in [0, 0.1) is 0 Å². The average molecular weight is 243 g/mol. The first kappa shape index (κ1) is 12.4. The lowest BCUT2D eigenvalue weighted by atomic mass is 10.1. The summed E-state index contributed by atoms with van der Waals surface area (Å²) in [4.78, 5) is 4.02. The Morgan fingerprint density at radius 1 is 1.11 bits per heavy atom. The molecule has 0 aliphatic heterocycles. The summed E-state index contributed by atoms with van der Waals surface area (Å²) in [5.74, 6) is 1.34. The second-order valence-corrected chi connectivity index (χ2v) is 4.03. The zero-order chi connectivity index (χ0) is 12.8. The van der Waals surface area contributed by atoms with Crippen molar-refractivity contribution >= 4 is 5.82 Å². The third-order valence-electron chi connectivity index (χ3n) is 2.71. The standard InChI is InChI=1S/C14H17N3O/c15-13(12-7-4-9-17-14(12)16)8-10-18-11-5-2-1-3-6-11/h1-7,9,13H,8,10,15H2,(H2,16,17). The van der Waals surface area contributed by atoms with Crippen LogP contribution in [0.5, 0.6) is 5.75 Å². The number of benzene rings is 1. The number of para-hydroxylation sites is 1. The summed E-state index contributed by atoms with van der Waals surface area (Å²) >= 11 is 0. The van der Waals surface area contributed by atoms with Gasteiger partial charge in [0.1, 0.15) is 11.6 Å². The zero-order valence-electron chi connectivity index (χ0n) is 10.1. The Labute approximate surface area is 107 Å². The van der Waals surface area contributed by atoms with Crippen LogP contribution in [0.25, 0.3) is 0 Å². The van der Waals surface area contributed by atoms with Gasteiger partial charge in [0.25, 0.3) is 0 Å². The minimum Gasteiger partial charge on any atom is -0.494 e. The molecular weight excluding hydrogens is 226 g/mol. The summed E-state index contributed by atoms with van der Waals surface area (Å²) in [6, 6.07) is 13.3. The molecule has 4 nitrogen and oxygen atoms in total. The minimum atomic E-state index is -0.151. The molecule has 4 N–H and O–H groups in total. The largest absolute Gasteiger partial charge is 0.494 e. The van der Waals surface area contributed by atoms with Crippen molar-refractivity contribution in [1.82, 2.24) is 4.98 Å². The van der Waals surface area contributed by atoms with Gasteiger partial charge < -0.3 is 16.2 Å². The molecule has 1 atom stereocenters. The van der Waals surface area contributed by atoms with Gasteiger partial charge in [-0.3, -0.25) is 0 Å². The number of nitrogen functional groups attached to an aromatic ring is 1. The summed E-state index contributed by atoms with van der Waals surface area (Å²) in [5, 5.41) is 0. The topological polar surface area (TPSA) is 74.2 Å².